The summed E-state index contributed by atoms with van der Waals surface area (Å²) in [7, 11) is 0. The third kappa shape index (κ3) is 3.95. The van der Waals surface area contributed by atoms with Gasteiger partial charge in [0.15, 0.2) is 5.79 Å². The summed E-state index contributed by atoms with van der Waals surface area (Å²) in [4.78, 5) is 0. The molecule has 4 aliphatic carbocycles. The van der Waals surface area contributed by atoms with Crippen molar-refractivity contribution in [3.63, 3.8) is 0 Å². The van der Waals surface area contributed by atoms with E-state index in [0.717, 1.165) is 42.9 Å². The van der Waals surface area contributed by atoms with E-state index in [0.29, 0.717) is 29.3 Å². The average Bonchev–Trinajstić information content (AvgIpc) is 3.29. The second-order valence-electron chi connectivity index (χ2n) is 14.5. The topological polar surface area (TPSA) is 38.7 Å². The van der Waals surface area contributed by atoms with Crippen LogP contribution >= 0.6 is 0 Å². The second-order valence-corrected chi connectivity index (χ2v) is 14.5. The van der Waals surface area contributed by atoms with Crippen LogP contribution in [0.3, 0.4) is 0 Å². The lowest BCUT2D eigenvalue weighted by molar-refractivity contribution is -0.216. The van der Waals surface area contributed by atoms with E-state index in [1.54, 1.807) is 5.57 Å². The largest absolute Gasteiger partial charge is 0.393 e. The lowest BCUT2D eigenvalue weighted by Crippen LogP contribution is -2.50. The Kier molecular flexibility index (Phi) is 6.39. The fourth-order valence-electron chi connectivity index (χ4n) is 9.77. The van der Waals surface area contributed by atoms with Crippen LogP contribution in [-0.2, 0) is 9.47 Å². The second kappa shape index (κ2) is 8.59. The summed E-state index contributed by atoms with van der Waals surface area (Å²) in [6.07, 6.45) is 14.7. The standard InChI is InChI=1S/C31H52O3/c1-20(2)31(33-19-28(4,5)34-31)17-12-21(3)25-10-11-26-24-9-8-22-18-23(32)13-15-29(22,6)27(24)14-16-30(25,26)7/h8,20-21,23-27,32H,9-19H2,1-7H3/t21-,23+,24+,25-,26+,27+,29+,30-,31?/m1/s1. The number of hydrogen-bond acceptors (Lipinski definition) is 3. The number of ether oxygens (including phenoxy) is 2. The third-order valence-corrected chi connectivity index (χ3v) is 11.8. The van der Waals surface area contributed by atoms with Crippen LogP contribution < -0.4 is 0 Å². The molecule has 5 aliphatic rings. The van der Waals surface area contributed by atoms with Gasteiger partial charge in [-0.2, -0.15) is 0 Å². The monoisotopic (exact) mass is 472 g/mol. The summed E-state index contributed by atoms with van der Waals surface area (Å²) in [5.41, 5.74) is 2.26. The third-order valence-electron chi connectivity index (χ3n) is 11.8. The van der Waals surface area contributed by atoms with Gasteiger partial charge in [-0.25, -0.2) is 0 Å². The molecule has 1 unspecified atom stereocenters. The molecule has 0 aromatic carbocycles. The molecule has 9 atom stereocenters. The predicted molar refractivity (Wildman–Crippen MR) is 138 cm³/mol. The van der Waals surface area contributed by atoms with E-state index in [1.807, 2.05) is 0 Å². The number of allylic oxidation sites excluding steroid dienone is 1. The van der Waals surface area contributed by atoms with Crippen molar-refractivity contribution in [2.24, 2.45) is 46.3 Å². The normalized spacial score (nSPS) is 48.7. The SMILES string of the molecule is CC(C)C1(CC[C@@H](C)[C@H]2CC[C@H]3[C@@H]4CC=C5C[C@@H](O)CC[C@]5(C)[C@H]4CC[C@]23C)OCC(C)(C)O1. The van der Waals surface area contributed by atoms with Crippen LogP contribution in [0.15, 0.2) is 11.6 Å². The summed E-state index contributed by atoms with van der Waals surface area (Å²) in [5.74, 6) is 4.07. The Morgan fingerprint density at radius 3 is 2.44 bits per heavy atom. The fraction of sp³-hybridized carbons (Fsp3) is 0.935. The fourth-order valence-corrected chi connectivity index (χ4v) is 9.77. The van der Waals surface area contributed by atoms with Gasteiger partial charge in [-0.3, -0.25) is 0 Å². The molecule has 4 fully saturated rings. The maximum absolute atomic E-state index is 10.3. The molecular weight excluding hydrogens is 420 g/mol. The Hall–Kier alpha value is -0.380. The highest BCUT2D eigenvalue weighted by Gasteiger charge is 2.59. The smallest absolute Gasteiger partial charge is 0.171 e. The predicted octanol–water partition coefficient (Wildman–Crippen LogP) is 7.52. The molecule has 1 N–H and O–H groups in total. The van der Waals surface area contributed by atoms with E-state index in [9.17, 15) is 5.11 Å². The molecule has 0 bridgehead atoms. The van der Waals surface area contributed by atoms with Crippen molar-refractivity contribution < 1.29 is 14.6 Å². The van der Waals surface area contributed by atoms with Crippen molar-refractivity contribution in [3.8, 4) is 0 Å². The zero-order chi connectivity index (χ0) is 24.5. The van der Waals surface area contributed by atoms with Crippen molar-refractivity contribution in [2.45, 2.75) is 130 Å². The maximum Gasteiger partial charge on any atom is 0.171 e. The molecule has 3 heteroatoms. The molecule has 0 amide bonds. The minimum absolute atomic E-state index is 0.103. The van der Waals surface area contributed by atoms with Gasteiger partial charge in [0, 0.05) is 12.3 Å². The number of fused-ring (bicyclic) bond motifs is 5. The van der Waals surface area contributed by atoms with Gasteiger partial charge in [0.1, 0.15) is 0 Å². The highest BCUT2D eigenvalue weighted by atomic mass is 16.8. The molecule has 3 saturated carbocycles. The number of aliphatic hydroxyl groups is 1. The zero-order valence-corrected chi connectivity index (χ0v) is 23.2. The molecule has 3 nitrogen and oxygen atoms in total. The van der Waals surface area contributed by atoms with Gasteiger partial charge in [-0.1, -0.05) is 46.3 Å². The summed E-state index contributed by atoms with van der Waals surface area (Å²) < 4.78 is 12.9. The Morgan fingerprint density at radius 2 is 1.76 bits per heavy atom. The molecule has 0 aromatic rings. The van der Waals surface area contributed by atoms with E-state index in [1.165, 1.54) is 44.9 Å². The summed E-state index contributed by atoms with van der Waals surface area (Å²) in [5, 5.41) is 10.3. The van der Waals surface area contributed by atoms with Crippen molar-refractivity contribution in [3.05, 3.63) is 11.6 Å². The average molecular weight is 473 g/mol. The van der Waals surface area contributed by atoms with E-state index in [-0.39, 0.29) is 11.7 Å². The molecule has 34 heavy (non-hydrogen) atoms. The van der Waals surface area contributed by atoms with E-state index in [2.05, 4.69) is 54.5 Å². The van der Waals surface area contributed by atoms with Crippen LogP contribution in [0.25, 0.3) is 0 Å². The minimum atomic E-state index is -0.404. The molecule has 1 aliphatic heterocycles. The first-order valence-corrected chi connectivity index (χ1v) is 14.6. The Morgan fingerprint density at radius 1 is 1.00 bits per heavy atom. The number of rotatable bonds is 5. The Bertz CT molecular complexity index is 800. The van der Waals surface area contributed by atoms with E-state index in [4.69, 9.17) is 9.47 Å². The van der Waals surface area contributed by atoms with Gasteiger partial charge in [0.2, 0.25) is 0 Å². The Labute approximate surface area is 209 Å². The lowest BCUT2D eigenvalue weighted by atomic mass is 9.47. The van der Waals surface area contributed by atoms with E-state index >= 15 is 0 Å². The van der Waals surface area contributed by atoms with Crippen molar-refractivity contribution in [2.75, 3.05) is 6.61 Å². The van der Waals surface area contributed by atoms with Crippen LogP contribution in [0.5, 0.6) is 0 Å². The quantitative estimate of drug-likeness (QED) is 0.421. The number of hydrogen-bond donors (Lipinski definition) is 1. The molecule has 5 rings (SSSR count). The Balaban J connectivity index is 1.29. The van der Waals surface area contributed by atoms with Crippen LogP contribution in [0.2, 0.25) is 0 Å². The van der Waals surface area contributed by atoms with Crippen molar-refractivity contribution >= 4 is 0 Å². The highest BCUT2D eigenvalue weighted by Crippen LogP contribution is 2.67. The van der Waals surface area contributed by atoms with Gasteiger partial charge < -0.3 is 14.6 Å². The molecule has 0 aromatic heterocycles. The zero-order valence-electron chi connectivity index (χ0n) is 23.2. The first-order valence-electron chi connectivity index (χ1n) is 14.6. The first-order chi connectivity index (χ1) is 15.9. The summed E-state index contributed by atoms with van der Waals surface area (Å²) >= 11 is 0. The van der Waals surface area contributed by atoms with Crippen LogP contribution in [0.4, 0.5) is 0 Å². The van der Waals surface area contributed by atoms with E-state index < -0.39 is 5.79 Å². The van der Waals surface area contributed by atoms with Gasteiger partial charge in [-0.05, 0) is 112 Å². The first kappa shape index (κ1) is 25.3. The molecule has 194 valence electrons. The molecule has 1 heterocycles. The summed E-state index contributed by atoms with van der Waals surface area (Å²) in [6, 6.07) is 0. The van der Waals surface area contributed by atoms with Gasteiger partial charge in [-0.15, -0.1) is 0 Å². The molecule has 1 saturated heterocycles. The van der Waals surface area contributed by atoms with Gasteiger partial charge in [0.25, 0.3) is 0 Å². The van der Waals surface area contributed by atoms with Gasteiger partial charge in [0.05, 0.1) is 18.3 Å². The van der Waals surface area contributed by atoms with Crippen molar-refractivity contribution in [1.82, 2.24) is 0 Å². The minimum Gasteiger partial charge on any atom is -0.393 e. The molecule has 0 spiro atoms. The van der Waals surface area contributed by atoms with Crippen LogP contribution in [-0.4, -0.2) is 29.2 Å². The van der Waals surface area contributed by atoms with Crippen molar-refractivity contribution in [1.29, 1.82) is 0 Å². The highest BCUT2D eigenvalue weighted by molar-refractivity contribution is 5.25. The van der Waals surface area contributed by atoms with Crippen LogP contribution in [0.1, 0.15) is 113 Å². The summed E-state index contributed by atoms with van der Waals surface area (Å²) in [6.45, 7) is 17.3. The molecule has 0 radical (unpaired) electrons. The number of aliphatic hydroxyl groups excluding tert-OH is 1. The molecular formula is C31H52O3. The lowest BCUT2D eigenvalue weighted by Gasteiger charge is -2.58. The van der Waals surface area contributed by atoms with Crippen LogP contribution in [0, 0.1) is 46.3 Å². The van der Waals surface area contributed by atoms with Gasteiger partial charge >= 0.3 is 0 Å². The maximum atomic E-state index is 10.3.